The molecule has 2 rings (SSSR count). The lowest BCUT2D eigenvalue weighted by Crippen LogP contribution is -2.26. The van der Waals surface area contributed by atoms with Gasteiger partial charge >= 0.3 is 0 Å². The molecule has 0 saturated heterocycles. The van der Waals surface area contributed by atoms with E-state index >= 15 is 0 Å². The Bertz CT molecular complexity index is 376. The summed E-state index contributed by atoms with van der Waals surface area (Å²) in [6.07, 6.45) is -1.10. The van der Waals surface area contributed by atoms with Gasteiger partial charge < -0.3 is 14.9 Å². The molecule has 4 heteroatoms. The van der Waals surface area contributed by atoms with Gasteiger partial charge in [0.15, 0.2) is 5.78 Å². The van der Waals surface area contributed by atoms with Gasteiger partial charge in [-0.15, -0.1) is 0 Å². The van der Waals surface area contributed by atoms with E-state index in [1.54, 1.807) is 0 Å². The molecule has 17 heavy (non-hydrogen) atoms. The molecular weight excluding hydrogens is 220 g/mol. The molecule has 3 atom stereocenters. The smallest absolute Gasteiger partial charge is 0.169 e. The van der Waals surface area contributed by atoms with E-state index in [-0.39, 0.29) is 18.8 Å². The van der Waals surface area contributed by atoms with E-state index in [0.29, 0.717) is 6.61 Å². The Labute approximate surface area is 99.8 Å². The molecule has 92 valence electrons. The average Bonchev–Trinajstić information content (AvgIpc) is 2.63. The molecule has 0 aromatic heterocycles. The number of carbonyl (C=O) groups excluding carboxylic acids is 1. The molecule has 4 nitrogen and oxygen atoms in total. The maximum absolute atomic E-state index is 11.7. The molecule has 0 radical (unpaired) electrons. The summed E-state index contributed by atoms with van der Waals surface area (Å²) in [5.74, 6) is -0.883. The molecule has 2 N–H and O–H groups in total. The maximum atomic E-state index is 11.7. The number of hydrogen-bond acceptors (Lipinski definition) is 4. The fourth-order valence-electron chi connectivity index (χ4n) is 2.06. The molecule has 0 bridgehead atoms. The van der Waals surface area contributed by atoms with Crippen LogP contribution in [-0.4, -0.2) is 34.8 Å². The van der Waals surface area contributed by atoms with Gasteiger partial charge in [0.25, 0.3) is 0 Å². The SMILES string of the molecule is O=C1C(OCc2ccccc2)CC(O)C1CO. The second kappa shape index (κ2) is 5.40. The molecule has 1 aromatic carbocycles. The highest BCUT2D eigenvalue weighted by molar-refractivity contribution is 5.88. The zero-order chi connectivity index (χ0) is 12.3. The van der Waals surface area contributed by atoms with E-state index in [2.05, 4.69) is 0 Å². The molecule has 0 amide bonds. The van der Waals surface area contributed by atoms with E-state index in [1.807, 2.05) is 30.3 Å². The van der Waals surface area contributed by atoms with Crippen LogP contribution in [0.15, 0.2) is 30.3 Å². The zero-order valence-electron chi connectivity index (χ0n) is 9.45. The molecule has 1 fully saturated rings. The fourth-order valence-corrected chi connectivity index (χ4v) is 2.06. The summed E-state index contributed by atoms with van der Waals surface area (Å²) in [5, 5.41) is 18.5. The first-order chi connectivity index (χ1) is 8.22. The Morgan fingerprint density at radius 2 is 2.00 bits per heavy atom. The van der Waals surface area contributed by atoms with Crippen molar-refractivity contribution in [2.75, 3.05) is 6.61 Å². The highest BCUT2D eigenvalue weighted by Crippen LogP contribution is 2.25. The van der Waals surface area contributed by atoms with Crippen molar-refractivity contribution >= 4 is 5.78 Å². The van der Waals surface area contributed by atoms with Crippen molar-refractivity contribution in [3.8, 4) is 0 Å². The first-order valence-corrected chi connectivity index (χ1v) is 5.70. The number of aliphatic hydroxyl groups excluding tert-OH is 2. The highest BCUT2D eigenvalue weighted by atomic mass is 16.5. The van der Waals surface area contributed by atoms with Crippen LogP contribution in [0.1, 0.15) is 12.0 Å². The first kappa shape index (κ1) is 12.2. The number of ketones is 1. The molecular formula is C13H16O4. The van der Waals surface area contributed by atoms with Crippen LogP contribution in [0.3, 0.4) is 0 Å². The summed E-state index contributed by atoms with van der Waals surface area (Å²) in [4.78, 5) is 11.7. The molecule has 1 aliphatic carbocycles. The lowest BCUT2D eigenvalue weighted by atomic mass is 10.1. The summed E-state index contributed by atoms with van der Waals surface area (Å²) in [5.41, 5.74) is 0.988. The van der Waals surface area contributed by atoms with Gasteiger partial charge in [0.1, 0.15) is 6.10 Å². The normalized spacial score (nSPS) is 28.6. The van der Waals surface area contributed by atoms with Gasteiger partial charge in [-0.1, -0.05) is 30.3 Å². The van der Waals surface area contributed by atoms with Crippen molar-refractivity contribution in [3.05, 3.63) is 35.9 Å². The second-order valence-corrected chi connectivity index (χ2v) is 4.28. The van der Waals surface area contributed by atoms with Crippen LogP contribution < -0.4 is 0 Å². The van der Waals surface area contributed by atoms with Gasteiger partial charge in [-0.05, 0) is 5.56 Å². The Morgan fingerprint density at radius 1 is 1.29 bits per heavy atom. The summed E-state index contributed by atoms with van der Waals surface area (Å²) < 4.78 is 5.48. The Balaban J connectivity index is 1.91. The lowest BCUT2D eigenvalue weighted by Gasteiger charge is -2.10. The van der Waals surface area contributed by atoms with Crippen molar-refractivity contribution in [1.82, 2.24) is 0 Å². The fraction of sp³-hybridized carbons (Fsp3) is 0.462. The van der Waals surface area contributed by atoms with Gasteiger partial charge in [-0.25, -0.2) is 0 Å². The van der Waals surface area contributed by atoms with Crippen LogP contribution in [0.4, 0.5) is 0 Å². The first-order valence-electron chi connectivity index (χ1n) is 5.70. The number of rotatable bonds is 4. The average molecular weight is 236 g/mol. The number of Topliss-reactive ketones (excluding diaryl/α,β-unsaturated/α-hetero) is 1. The van der Waals surface area contributed by atoms with E-state index in [0.717, 1.165) is 5.56 Å². The van der Waals surface area contributed by atoms with Gasteiger partial charge in [0.05, 0.1) is 25.2 Å². The van der Waals surface area contributed by atoms with Crippen molar-refractivity contribution in [2.45, 2.75) is 25.2 Å². The Morgan fingerprint density at radius 3 is 2.59 bits per heavy atom. The van der Waals surface area contributed by atoms with Gasteiger partial charge in [-0.3, -0.25) is 4.79 Å². The Hall–Kier alpha value is -1.23. The van der Waals surface area contributed by atoms with E-state index < -0.39 is 18.1 Å². The second-order valence-electron chi connectivity index (χ2n) is 4.28. The number of aliphatic hydroxyl groups is 2. The molecule has 0 spiro atoms. The quantitative estimate of drug-likeness (QED) is 0.799. The molecule has 0 aliphatic heterocycles. The van der Waals surface area contributed by atoms with Crippen LogP contribution in [0.25, 0.3) is 0 Å². The van der Waals surface area contributed by atoms with Crippen molar-refractivity contribution < 1.29 is 19.7 Å². The summed E-state index contributed by atoms with van der Waals surface area (Å²) in [6, 6.07) is 9.55. The van der Waals surface area contributed by atoms with Crippen LogP contribution >= 0.6 is 0 Å². The third kappa shape index (κ3) is 2.72. The van der Waals surface area contributed by atoms with Crippen molar-refractivity contribution in [3.63, 3.8) is 0 Å². The molecule has 1 aliphatic rings. The highest BCUT2D eigenvalue weighted by Gasteiger charge is 2.41. The van der Waals surface area contributed by atoms with Gasteiger partial charge in [-0.2, -0.15) is 0 Å². The number of hydrogen-bond donors (Lipinski definition) is 2. The minimum absolute atomic E-state index is 0.198. The largest absolute Gasteiger partial charge is 0.396 e. The topological polar surface area (TPSA) is 66.8 Å². The summed E-state index contributed by atoms with van der Waals surface area (Å²) in [7, 11) is 0. The van der Waals surface area contributed by atoms with E-state index in [9.17, 15) is 9.90 Å². The minimum atomic E-state index is -0.784. The molecule has 1 saturated carbocycles. The lowest BCUT2D eigenvalue weighted by molar-refractivity contribution is -0.132. The van der Waals surface area contributed by atoms with Crippen LogP contribution in [0, 0.1) is 5.92 Å². The third-order valence-electron chi connectivity index (χ3n) is 3.09. The van der Waals surface area contributed by atoms with Crippen LogP contribution in [0.2, 0.25) is 0 Å². The Kier molecular flexibility index (Phi) is 3.89. The van der Waals surface area contributed by atoms with Crippen LogP contribution in [0.5, 0.6) is 0 Å². The number of ether oxygens (including phenoxy) is 1. The van der Waals surface area contributed by atoms with Crippen molar-refractivity contribution in [2.24, 2.45) is 5.92 Å². The number of carbonyl (C=O) groups is 1. The number of benzene rings is 1. The summed E-state index contributed by atoms with van der Waals surface area (Å²) >= 11 is 0. The standard InChI is InChI=1S/C13H16O4/c14-7-10-11(15)6-12(13(10)16)17-8-9-4-2-1-3-5-9/h1-5,10-12,14-15H,6-8H2. The third-order valence-corrected chi connectivity index (χ3v) is 3.09. The summed E-state index contributed by atoms with van der Waals surface area (Å²) in [6.45, 7) is 0.0350. The van der Waals surface area contributed by atoms with E-state index in [1.165, 1.54) is 0 Å². The van der Waals surface area contributed by atoms with Crippen molar-refractivity contribution in [1.29, 1.82) is 0 Å². The van der Waals surface area contributed by atoms with Crippen LogP contribution in [-0.2, 0) is 16.1 Å². The van der Waals surface area contributed by atoms with E-state index in [4.69, 9.17) is 9.84 Å². The molecule has 3 unspecified atom stereocenters. The monoisotopic (exact) mass is 236 g/mol. The van der Waals surface area contributed by atoms with Gasteiger partial charge in [0, 0.05) is 6.42 Å². The minimum Gasteiger partial charge on any atom is -0.396 e. The predicted octanol–water partition coefficient (Wildman–Crippen LogP) is 0.514. The zero-order valence-corrected chi connectivity index (χ0v) is 9.45. The predicted molar refractivity (Wildman–Crippen MR) is 61.2 cm³/mol. The maximum Gasteiger partial charge on any atom is 0.169 e. The van der Waals surface area contributed by atoms with Gasteiger partial charge in [0.2, 0.25) is 0 Å². The molecule has 0 heterocycles. The molecule has 1 aromatic rings.